The smallest absolute Gasteiger partial charge is 0.303 e. The average Bonchev–Trinajstić information content (AvgIpc) is 2.88. The average molecular weight is 357 g/mol. The molecule has 0 radical (unpaired) electrons. The minimum absolute atomic E-state index is 0.0103. The van der Waals surface area contributed by atoms with Gasteiger partial charge in [-0.3, -0.25) is 9.59 Å². The van der Waals surface area contributed by atoms with Gasteiger partial charge in [0.2, 0.25) is 0 Å². The van der Waals surface area contributed by atoms with Crippen LogP contribution in [0.3, 0.4) is 0 Å². The fourth-order valence-corrected chi connectivity index (χ4v) is 7.39. The number of carbonyl (C=O) groups excluding carboxylic acids is 2. The summed E-state index contributed by atoms with van der Waals surface area (Å²) in [7, 11) is 0. The first-order valence-electron chi connectivity index (χ1n) is 10.3. The highest BCUT2D eigenvalue weighted by molar-refractivity contribution is 5.91. The SMILES string of the molecule is C=C[C@]1(OC(C)=O)CC[C@@H]2[C@@H]3CCC4=CC(=O)CC[C@]4(C)[C@@H]3CC[C@]21C. The molecule has 4 aliphatic rings. The Morgan fingerprint density at radius 1 is 1.15 bits per heavy atom. The lowest BCUT2D eigenvalue weighted by Gasteiger charge is -2.59. The van der Waals surface area contributed by atoms with Crippen LogP contribution < -0.4 is 0 Å². The maximum atomic E-state index is 11.9. The third-order valence-corrected chi connectivity index (χ3v) is 8.80. The quantitative estimate of drug-likeness (QED) is 0.516. The summed E-state index contributed by atoms with van der Waals surface area (Å²) < 4.78 is 5.93. The molecule has 6 atom stereocenters. The molecule has 0 aromatic rings. The minimum atomic E-state index is -0.506. The fourth-order valence-electron chi connectivity index (χ4n) is 7.39. The van der Waals surface area contributed by atoms with E-state index in [-0.39, 0.29) is 16.8 Å². The predicted octanol–water partition coefficient (Wildman–Crippen LogP) is 5.01. The Morgan fingerprint density at radius 3 is 2.58 bits per heavy atom. The molecule has 0 aliphatic heterocycles. The van der Waals surface area contributed by atoms with Crippen molar-refractivity contribution >= 4 is 11.8 Å². The van der Waals surface area contributed by atoms with Gasteiger partial charge in [0.1, 0.15) is 5.60 Å². The molecule has 0 saturated heterocycles. The van der Waals surface area contributed by atoms with Gasteiger partial charge in [-0.15, -0.1) is 0 Å². The van der Waals surface area contributed by atoms with E-state index in [9.17, 15) is 9.59 Å². The van der Waals surface area contributed by atoms with Gasteiger partial charge in [-0.2, -0.15) is 0 Å². The summed E-state index contributed by atoms with van der Waals surface area (Å²) in [6.07, 6.45) is 12.1. The number of carbonyl (C=O) groups is 2. The summed E-state index contributed by atoms with van der Waals surface area (Å²) in [5, 5.41) is 0. The number of esters is 1. The van der Waals surface area contributed by atoms with Crippen molar-refractivity contribution < 1.29 is 14.3 Å². The molecule has 26 heavy (non-hydrogen) atoms. The van der Waals surface area contributed by atoms with Crippen molar-refractivity contribution in [3.8, 4) is 0 Å². The Kier molecular flexibility index (Phi) is 4.02. The maximum Gasteiger partial charge on any atom is 0.303 e. The zero-order chi connectivity index (χ0) is 18.7. The van der Waals surface area contributed by atoms with Crippen LogP contribution in [0.2, 0.25) is 0 Å². The molecule has 0 N–H and O–H groups in total. The van der Waals surface area contributed by atoms with Crippen molar-refractivity contribution in [2.75, 3.05) is 0 Å². The van der Waals surface area contributed by atoms with E-state index < -0.39 is 5.60 Å². The van der Waals surface area contributed by atoms with Crippen LogP contribution in [0, 0.1) is 28.6 Å². The van der Waals surface area contributed by atoms with Crippen LogP contribution >= 0.6 is 0 Å². The molecule has 3 nitrogen and oxygen atoms in total. The Hall–Kier alpha value is -1.38. The van der Waals surface area contributed by atoms with E-state index in [1.54, 1.807) is 0 Å². The van der Waals surface area contributed by atoms with Gasteiger partial charge in [-0.1, -0.05) is 26.0 Å². The van der Waals surface area contributed by atoms with Crippen LogP contribution in [0.5, 0.6) is 0 Å². The van der Waals surface area contributed by atoms with Crippen LogP contribution in [0.15, 0.2) is 24.3 Å². The molecule has 0 aromatic heterocycles. The van der Waals surface area contributed by atoms with Gasteiger partial charge in [-0.25, -0.2) is 0 Å². The third kappa shape index (κ3) is 2.25. The number of ketones is 1. The molecule has 0 amide bonds. The predicted molar refractivity (Wildman–Crippen MR) is 101 cm³/mol. The number of hydrogen-bond acceptors (Lipinski definition) is 3. The molecule has 0 aromatic carbocycles. The Balaban J connectivity index is 1.68. The summed E-state index contributed by atoms with van der Waals surface area (Å²) in [6, 6.07) is 0. The summed E-state index contributed by atoms with van der Waals surface area (Å²) in [5.74, 6) is 2.03. The fraction of sp³-hybridized carbons (Fsp3) is 0.739. The lowest BCUT2D eigenvalue weighted by Crippen LogP contribution is -2.55. The van der Waals surface area contributed by atoms with Gasteiger partial charge in [0.25, 0.3) is 0 Å². The molecule has 4 aliphatic carbocycles. The van der Waals surface area contributed by atoms with E-state index in [4.69, 9.17) is 4.74 Å². The monoisotopic (exact) mass is 356 g/mol. The summed E-state index contributed by atoms with van der Waals surface area (Å²) in [5.41, 5.74) is 1.09. The highest BCUT2D eigenvalue weighted by Gasteiger charge is 2.64. The first-order chi connectivity index (χ1) is 12.3. The van der Waals surface area contributed by atoms with Crippen molar-refractivity contribution in [1.82, 2.24) is 0 Å². The van der Waals surface area contributed by atoms with E-state index in [1.807, 2.05) is 12.2 Å². The molecule has 0 unspecified atom stereocenters. The molecular weight excluding hydrogens is 324 g/mol. The Morgan fingerprint density at radius 2 is 1.88 bits per heavy atom. The lowest BCUT2D eigenvalue weighted by atomic mass is 9.46. The zero-order valence-electron chi connectivity index (χ0n) is 16.5. The molecule has 3 heteroatoms. The topological polar surface area (TPSA) is 43.4 Å². The molecule has 142 valence electrons. The molecule has 0 spiro atoms. The second-order valence-corrected chi connectivity index (χ2v) is 9.65. The zero-order valence-corrected chi connectivity index (χ0v) is 16.5. The number of rotatable bonds is 2. The normalized spacial score (nSPS) is 47.3. The van der Waals surface area contributed by atoms with Gasteiger partial charge < -0.3 is 4.74 Å². The van der Waals surface area contributed by atoms with Gasteiger partial charge in [-0.05, 0) is 80.3 Å². The summed E-state index contributed by atoms with van der Waals surface area (Å²) in [4.78, 5) is 23.8. The summed E-state index contributed by atoms with van der Waals surface area (Å²) >= 11 is 0. The van der Waals surface area contributed by atoms with Crippen LogP contribution in [-0.2, 0) is 14.3 Å². The molecule has 4 rings (SSSR count). The molecule has 0 heterocycles. The number of hydrogen-bond donors (Lipinski definition) is 0. The molecule has 3 saturated carbocycles. The Bertz CT molecular complexity index is 692. The first kappa shape index (κ1) is 18.0. The summed E-state index contributed by atoms with van der Waals surface area (Å²) in [6.45, 7) is 10.3. The van der Waals surface area contributed by atoms with E-state index in [0.29, 0.717) is 30.0 Å². The number of ether oxygens (including phenoxy) is 1. The van der Waals surface area contributed by atoms with Crippen LogP contribution in [-0.4, -0.2) is 17.4 Å². The van der Waals surface area contributed by atoms with Crippen molar-refractivity contribution in [2.45, 2.75) is 77.7 Å². The largest absolute Gasteiger partial charge is 0.454 e. The van der Waals surface area contributed by atoms with Crippen LogP contribution in [0.4, 0.5) is 0 Å². The van der Waals surface area contributed by atoms with Gasteiger partial charge in [0.05, 0.1) is 0 Å². The van der Waals surface area contributed by atoms with Crippen molar-refractivity contribution in [3.63, 3.8) is 0 Å². The Labute approximate surface area is 157 Å². The minimum Gasteiger partial charge on any atom is -0.454 e. The van der Waals surface area contributed by atoms with Crippen molar-refractivity contribution in [1.29, 1.82) is 0 Å². The maximum absolute atomic E-state index is 11.9. The highest BCUT2D eigenvalue weighted by atomic mass is 16.6. The molecular formula is C23H32O3. The first-order valence-corrected chi connectivity index (χ1v) is 10.3. The number of fused-ring (bicyclic) bond motifs is 5. The van der Waals surface area contributed by atoms with Gasteiger partial charge in [0.15, 0.2) is 5.78 Å². The third-order valence-electron chi connectivity index (χ3n) is 8.80. The van der Waals surface area contributed by atoms with Gasteiger partial charge in [0, 0.05) is 18.8 Å². The van der Waals surface area contributed by atoms with E-state index in [1.165, 1.54) is 18.9 Å². The second-order valence-electron chi connectivity index (χ2n) is 9.65. The van der Waals surface area contributed by atoms with Gasteiger partial charge >= 0.3 is 5.97 Å². The molecule has 0 bridgehead atoms. The second kappa shape index (κ2) is 5.81. The van der Waals surface area contributed by atoms with Crippen molar-refractivity contribution in [2.24, 2.45) is 28.6 Å². The standard InChI is InChI=1S/C23H32O3/c1-5-23(26-15(2)24)13-10-20-18-7-6-16-14-17(25)8-11-21(16,3)19(18)9-12-22(20,23)4/h5,14,18-20H,1,6-13H2,2-4H3/t18-,19-,20-,21+,22-,23+/m1/s1. The van der Waals surface area contributed by atoms with E-state index in [2.05, 4.69) is 20.4 Å². The van der Waals surface area contributed by atoms with E-state index in [0.717, 1.165) is 38.5 Å². The number of allylic oxidation sites excluding steroid dienone is 1. The van der Waals surface area contributed by atoms with Crippen LogP contribution in [0.1, 0.15) is 72.1 Å². The lowest BCUT2D eigenvalue weighted by molar-refractivity contribution is -0.171. The van der Waals surface area contributed by atoms with Crippen LogP contribution in [0.25, 0.3) is 0 Å². The highest BCUT2D eigenvalue weighted by Crippen LogP contribution is 2.68. The van der Waals surface area contributed by atoms with E-state index >= 15 is 0 Å². The van der Waals surface area contributed by atoms with Crippen molar-refractivity contribution in [3.05, 3.63) is 24.3 Å². The molecule has 3 fully saturated rings.